The third-order valence-electron chi connectivity index (χ3n) is 3.10. The fraction of sp³-hybridized carbons (Fsp3) is 0.727. The van der Waals surface area contributed by atoms with Gasteiger partial charge in [0.05, 0.1) is 0 Å². The molecule has 1 aliphatic heterocycles. The lowest BCUT2D eigenvalue weighted by molar-refractivity contribution is -0.140. The summed E-state index contributed by atoms with van der Waals surface area (Å²) in [7, 11) is 1.95. The van der Waals surface area contributed by atoms with Gasteiger partial charge in [-0.25, -0.2) is 4.79 Å². The summed E-state index contributed by atoms with van der Waals surface area (Å²) >= 11 is 0. The van der Waals surface area contributed by atoms with Crippen LogP contribution in [0.3, 0.4) is 0 Å². The number of likely N-dealkylation sites (tertiary alicyclic amines) is 1. The smallest absolute Gasteiger partial charge is 0.323 e. The van der Waals surface area contributed by atoms with E-state index in [0.29, 0.717) is 6.54 Å². The Hall–Kier alpha value is -1.83. The number of hydrogen-bond donors (Lipinski definition) is 3. The molecule has 2 amide bonds. The molecule has 0 bridgehead atoms. The average molecular weight is 273 g/mol. The number of rotatable bonds is 6. The van der Waals surface area contributed by atoms with Gasteiger partial charge >= 0.3 is 18.0 Å². The van der Waals surface area contributed by atoms with E-state index in [2.05, 4.69) is 10.2 Å². The minimum Gasteiger partial charge on any atom is -0.480 e. The van der Waals surface area contributed by atoms with Crippen molar-refractivity contribution < 1.29 is 24.6 Å². The van der Waals surface area contributed by atoms with E-state index < -0.39 is 31.1 Å². The molecule has 1 saturated heterocycles. The number of carboxylic acid groups (broad SMARTS) is 2. The maximum Gasteiger partial charge on any atom is 0.323 e. The predicted molar refractivity (Wildman–Crippen MR) is 65.9 cm³/mol. The van der Waals surface area contributed by atoms with Crippen molar-refractivity contribution >= 4 is 18.0 Å². The Morgan fingerprint density at radius 1 is 1.26 bits per heavy atom. The van der Waals surface area contributed by atoms with Gasteiger partial charge in [-0.15, -0.1) is 0 Å². The van der Waals surface area contributed by atoms with Crippen LogP contribution in [0.2, 0.25) is 0 Å². The van der Waals surface area contributed by atoms with E-state index in [1.807, 2.05) is 7.05 Å². The van der Waals surface area contributed by atoms with Crippen molar-refractivity contribution in [1.29, 1.82) is 0 Å². The first kappa shape index (κ1) is 15.2. The van der Waals surface area contributed by atoms with E-state index in [1.165, 1.54) is 0 Å². The van der Waals surface area contributed by atoms with E-state index in [-0.39, 0.29) is 6.04 Å². The first-order chi connectivity index (χ1) is 8.90. The molecule has 8 nitrogen and oxygen atoms in total. The lowest BCUT2D eigenvalue weighted by atomic mass is 10.2. The van der Waals surface area contributed by atoms with Gasteiger partial charge in [0.15, 0.2) is 0 Å². The maximum atomic E-state index is 11.7. The van der Waals surface area contributed by atoms with Crippen molar-refractivity contribution in [3.63, 3.8) is 0 Å². The molecule has 3 N–H and O–H groups in total. The second-order valence-electron chi connectivity index (χ2n) is 4.61. The van der Waals surface area contributed by atoms with Crippen LogP contribution in [0, 0.1) is 0 Å². The summed E-state index contributed by atoms with van der Waals surface area (Å²) in [5.74, 6) is -2.48. The number of carbonyl (C=O) groups excluding carboxylic acids is 1. The highest BCUT2D eigenvalue weighted by atomic mass is 16.4. The molecular weight excluding hydrogens is 254 g/mol. The molecule has 1 aliphatic rings. The highest BCUT2D eigenvalue weighted by Gasteiger charge is 2.24. The Morgan fingerprint density at radius 2 is 1.84 bits per heavy atom. The number of hydrogen-bond acceptors (Lipinski definition) is 4. The molecule has 0 aromatic rings. The third kappa shape index (κ3) is 5.12. The van der Waals surface area contributed by atoms with Gasteiger partial charge in [0.1, 0.15) is 13.1 Å². The average Bonchev–Trinajstić information content (AvgIpc) is 2.69. The lowest BCUT2D eigenvalue weighted by Gasteiger charge is -2.23. The van der Waals surface area contributed by atoms with Crippen LogP contribution in [0.5, 0.6) is 0 Å². The molecule has 1 atom stereocenters. The summed E-state index contributed by atoms with van der Waals surface area (Å²) in [6.07, 6.45) is 2.03. The van der Waals surface area contributed by atoms with Crippen molar-refractivity contribution in [3.8, 4) is 0 Å². The van der Waals surface area contributed by atoms with E-state index in [1.54, 1.807) is 0 Å². The van der Waals surface area contributed by atoms with Gasteiger partial charge in [0, 0.05) is 12.6 Å². The SMILES string of the molecule is CN1CCCC1CNC(=O)N(CC(=O)O)CC(=O)O. The third-order valence-corrected chi connectivity index (χ3v) is 3.10. The van der Waals surface area contributed by atoms with Crippen LogP contribution < -0.4 is 5.32 Å². The maximum absolute atomic E-state index is 11.7. The van der Waals surface area contributed by atoms with Crippen LogP contribution in [0.4, 0.5) is 4.79 Å². The van der Waals surface area contributed by atoms with Crippen LogP contribution in [0.25, 0.3) is 0 Å². The molecule has 0 aromatic carbocycles. The van der Waals surface area contributed by atoms with Crippen LogP contribution in [-0.4, -0.2) is 77.3 Å². The van der Waals surface area contributed by atoms with Gasteiger partial charge in [-0.3, -0.25) is 9.59 Å². The van der Waals surface area contributed by atoms with E-state index in [4.69, 9.17) is 10.2 Å². The van der Waals surface area contributed by atoms with Crippen molar-refractivity contribution in [2.45, 2.75) is 18.9 Å². The molecule has 108 valence electrons. The fourth-order valence-electron chi connectivity index (χ4n) is 2.08. The summed E-state index contributed by atoms with van der Waals surface area (Å²) in [5, 5.41) is 19.9. The number of aliphatic carboxylic acids is 2. The van der Waals surface area contributed by atoms with E-state index >= 15 is 0 Å². The van der Waals surface area contributed by atoms with Gasteiger partial charge < -0.3 is 25.3 Å². The summed E-state index contributed by atoms with van der Waals surface area (Å²) in [6, 6.07) is -0.439. The van der Waals surface area contributed by atoms with Crippen molar-refractivity contribution in [1.82, 2.24) is 15.1 Å². The number of carbonyl (C=O) groups is 3. The molecule has 0 aliphatic carbocycles. The van der Waals surface area contributed by atoms with Crippen molar-refractivity contribution in [2.24, 2.45) is 0 Å². The Kier molecular flexibility index (Phi) is 5.56. The number of amides is 2. The molecule has 1 rings (SSSR count). The second kappa shape index (κ2) is 6.93. The second-order valence-corrected chi connectivity index (χ2v) is 4.61. The molecule has 0 aromatic heterocycles. The number of likely N-dealkylation sites (N-methyl/N-ethyl adjacent to an activating group) is 1. The Balaban J connectivity index is 2.46. The zero-order chi connectivity index (χ0) is 14.4. The summed E-state index contributed by atoms with van der Waals surface area (Å²) in [4.78, 5) is 35.8. The largest absolute Gasteiger partial charge is 0.480 e. The quantitative estimate of drug-likeness (QED) is 0.588. The van der Waals surface area contributed by atoms with Gasteiger partial charge in [-0.1, -0.05) is 0 Å². The number of urea groups is 1. The number of nitrogens with zero attached hydrogens (tertiary/aromatic N) is 2. The van der Waals surface area contributed by atoms with Gasteiger partial charge in [-0.05, 0) is 26.4 Å². The van der Waals surface area contributed by atoms with Crippen molar-refractivity contribution in [2.75, 3.05) is 33.2 Å². The summed E-state index contributed by atoms with van der Waals surface area (Å²) < 4.78 is 0. The highest BCUT2D eigenvalue weighted by molar-refractivity contribution is 5.84. The molecule has 0 spiro atoms. The lowest BCUT2D eigenvalue weighted by Crippen LogP contribution is -2.48. The van der Waals surface area contributed by atoms with Crippen LogP contribution >= 0.6 is 0 Å². The molecule has 1 unspecified atom stereocenters. The summed E-state index contributed by atoms with van der Waals surface area (Å²) in [5.41, 5.74) is 0. The van der Waals surface area contributed by atoms with Gasteiger partial charge in [-0.2, -0.15) is 0 Å². The molecule has 1 fully saturated rings. The van der Waals surface area contributed by atoms with Gasteiger partial charge in [0.2, 0.25) is 0 Å². The van der Waals surface area contributed by atoms with Crippen LogP contribution in [-0.2, 0) is 9.59 Å². The molecule has 0 saturated carbocycles. The van der Waals surface area contributed by atoms with E-state index in [0.717, 1.165) is 24.3 Å². The monoisotopic (exact) mass is 273 g/mol. The standard InChI is InChI=1S/C11H19N3O5/c1-13-4-2-3-8(13)5-12-11(19)14(6-9(15)16)7-10(17)18/h8H,2-7H2,1H3,(H,12,19)(H,15,16)(H,17,18). The van der Waals surface area contributed by atoms with E-state index in [9.17, 15) is 14.4 Å². The topological polar surface area (TPSA) is 110 Å². The minimum absolute atomic E-state index is 0.223. The Labute approximate surface area is 111 Å². The predicted octanol–water partition coefficient (Wildman–Crippen LogP) is -0.739. The highest BCUT2D eigenvalue weighted by Crippen LogP contribution is 2.13. The van der Waals surface area contributed by atoms with Crippen LogP contribution in [0.15, 0.2) is 0 Å². The van der Waals surface area contributed by atoms with Gasteiger partial charge in [0.25, 0.3) is 0 Å². The number of carboxylic acids is 2. The zero-order valence-corrected chi connectivity index (χ0v) is 10.8. The molecule has 19 heavy (non-hydrogen) atoms. The fourth-order valence-corrected chi connectivity index (χ4v) is 2.08. The normalized spacial score (nSPS) is 19.1. The Bertz CT molecular complexity index is 344. The summed E-state index contributed by atoms with van der Waals surface area (Å²) in [6.45, 7) is 0.108. The molecule has 8 heteroatoms. The zero-order valence-electron chi connectivity index (χ0n) is 10.8. The molecule has 1 heterocycles. The minimum atomic E-state index is -1.24. The van der Waals surface area contributed by atoms with Crippen molar-refractivity contribution in [3.05, 3.63) is 0 Å². The first-order valence-corrected chi connectivity index (χ1v) is 6.06. The first-order valence-electron chi connectivity index (χ1n) is 6.06. The number of nitrogens with one attached hydrogen (secondary N) is 1. The molecule has 0 radical (unpaired) electrons. The van der Waals surface area contributed by atoms with Crippen LogP contribution in [0.1, 0.15) is 12.8 Å². The molecular formula is C11H19N3O5. The Morgan fingerprint density at radius 3 is 2.26 bits per heavy atom.